The fourth-order valence-corrected chi connectivity index (χ4v) is 1.31. The minimum atomic E-state index is -0.128. The summed E-state index contributed by atoms with van der Waals surface area (Å²) in [6, 6.07) is 1.98. The van der Waals surface area contributed by atoms with Gasteiger partial charge in [-0.15, -0.1) is 0 Å². The van der Waals surface area contributed by atoms with Crippen LogP contribution in [0.1, 0.15) is 11.4 Å². The number of amides is 1. The van der Waals surface area contributed by atoms with E-state index in [1.807, 2.05) is 13.0 Å². The van der Waals surface area contributed by atoms with Gasteiger partial charge in [0, 0.05) is 18.3 Å². The first kappa shape index (κ1) is 7.21. The van der Waals surface area contributed by atoms with Gasteiger partial charge in [-0.25, -0.2) is 4.99 Å². The van der Waals surface area contributed by atoms with Crippen molar-refractivity contribution in [3.63, 3.8) is 0 Å². The smallest absolute Gasteiger partial charge is 0.267 e. The van der Waals surface area contributed by atoms with Gasteiger partial charge in [0.25, 0.3) is 5.91 Å². The van der Waals surface area contributed by atoms with Crippen LogP contribution in [0.15, 0.2) is 11.1 Å². The Morgan fingerprint density at radius 3 is 3.25 bits per heavy atom. The van der Waals surface area contributed by atoms with Crippen LogP contribution in [0.5, 0.6) is 0 Å². The number of carbonyl (C=O) groups excluding carboxylic acids is 1. The molecule has 4 heteroatoms. The van der Waals surface area contributed by atoms with Gasteiger partial charge >= 0.3 is 0 Å². The standard InChI is InChI=1S/C8H9N3O/c1-6-4-7-2-3-9-8(12)5-11(7)10-6/h3-4H,2,5H2,1H3. The molecule has 0 unspecified atom stereocenters. The number of hydrogen-bond acceptors (Lipinski definition) is 2. The zero-order valence-corrected chi connectivity index (χ0v) is 6.82. The Bertz CT molecular complexity index is 351. The van der Waals surface area contributed by atoms with Crippen molar-refractivity contribution in [2.75, 3.05) is 0 Å². The van der Waals surface area contributed by atoms with Crippen LogP contribution in [-0.4, -0.2) is 21.9 Å². The number of aromatic nitrogens is 2. The Kier molecular flexibility index (Phi) is 1.53. The molecule has 0 aromatic carbocycles. The topological polar surface area (TPSA) is 47.2 Å². The van der Waals surface area contributed by atoms with E-state index in [4.69, 9.17) is 0 Å². The summed E-state index contributed by atoms with van der Waals surface area (Å²) in [5, 5.41) is 4.18. The van der Waals surface area contributed by atoms with Gasteiger partial charge in [-0.3, -0.25) is 9.48 Å². The van der Waals surface area contributed by atoms with Crippen LogP contribution in [0, 0.1) is 6.92 Å². The summed E-state index contributed by atoms with van der Waals surface area (Å²) in [4.78, 5) is 14.7. The van der Waals surface area contributed by atoms with Crippen molar-refractivity contribution in [3.8, 4) is 0 Å². The van der Waals surface area contributed by atoms with Crippen molar-refractivity contribution >= 4 is 12.1 Å². The molecule has 0 spiro atoms. The molecule has 1 amide bonds. The molecule has 2 rings (SSSR count). The number of carbonyl (C=O) groups is 1. The molecule has 1 aliphatic rings. The van der Waals surface area contributed by atoms with Crippen molar-refractivity contribution in [1.29, 1.82) is 0 Å². The Hall–Kier alpha value is -1.45. The van der Waals surface area contributed by atoms with Crippen LogP contribution in [-0.2, 0) is 17.8 Å². The number of fused-ring (bicyclic) bond motifs is 1. The summed E-state index contributed by atoms with van der Waals surface area (Å²) < 4.78 is 1.71. The predicted molar refractivity (Wildman–Crippen MR) is 44.2 cm³/mol. The molecular weight excluding hydrogens is 154 g/mol. The molecule has 0 aliphatic carbocycles. The van der Waals surface area contributed by atoms with E-state index in [0.29, 0.717) is 6.42 Å². The summed E-state index contributed by atoms with van der Waals surface area (Å²) >= 11 is 0. The van der Waals surface area contributed by atoms with E-state index in [0.717, 1.165) is 11.4 Å². The van der Waals surface area contributed by atoms with Gasteiger partial charge in [0.15, 0.2) is 0 Å². The molecule has 0 saturated heterocycles. The van der Waals surface area contributed by atoms with E-state index >= 15 is 0 Å². The molecule has 1 aliphatic heterocycles. The van der Waals surface area contributed by atoms with E-state index in [1.165, 1.54) is 0 Å². The highest BCUT2D eigenvalue weighted by molar-refractivity contribution is 5.86. The second-order valence-electron chi connectivity index (χ2n) is 2.84. The van der Waals surface area contributed by atoms with Crippen LogP contribution in [0.3, 0.4) is 0 Å². The molecule has 62 valence electrons. The summed E-state index contributed by atoms with van der Waals surface area (Å²) in [7, 11) is 0. The Labute approximate surface area is 69.9 Å². The van der Waals surface area contributed by atoms with Gasteiger partial charge < -0.3 is 0 Å². The molecule has 0 radical (unpaired) electrons. The molecule has 0 bridgehead atoms. The quantitative estimate of drug-likeness (QED) is 0.554. The average Bonchev–Trinajstić information content (AvgIpc) is 2.23. The minimum Gasteiger partial charge on any atom is -0.270 e. The lowest BCUT2D eigenvalue weighted by molar-refractivity contribution is -0.118. The molecule has 0 atom stereocenters. The first-order valence-corrected chi connectivity index (χ1v) is 3.84. The number of aryl methyl sites for hydroxylation is 1. The maximum Gasteiger partial charge on any atom is 0.267 e. The first-order valence-electron chi connectivity index (χ1n) is 3.84. The fraction of sp³-hybridized carbons (Fsp3) is 0.375. The molecule has 0 fully saturated rings. The van der Waals surface area contributed by atoms with Gasteiger partial charge in [0.2, 0.25) is 0 Å². The molecule has 2 heterocycles. The van der Waals surface area contributed by atoms with Gasteiger partial charge in [-0.1, -0.05) is 0 Å². The van der Waals surface area contributed by atoms with Gasteiger partial charge in [0.05, 0.1) is 5.69 Å². The molecule has 1 aromatic rings. The maximum absolute atomic E-state index is 11.0. The summed E-state index contributed by atoms with van der Waals surface area (Å²) in [5.74, 6) is -0.128. The number of rotatable bonds is 0. The van der Waals surface area contributed by atoms with Gasteiger partial charge in [-0.05, 0) is 13.0 Å². The maximum atomic E-state index is 11.0. The van der Waals surface area contributed by atoms with Gasteiger partial charge in [-0.2, -0.15) is 5.10 Å². The van der Waals surface area contributed by atoms with E-state index < -0.39 is 0 Å². The molecule has 4 nitrogen and oxygen atoms in total. The SMILES string of the molecule is Cc1cc2n(n1)CC(=O)N=CC2. The molecule has 1 aromatic heterocycles. The largest absolute Gasteiger partial charge is 0.270 e. The zero-order valence-electron chi connectivity index (χ0n) is 6.82. The van der Waals surface area contributed by atoms with Crippen molar-refractivity contribution in [2.45, 2.75) is 19.9 Å². The lowest BCUT2D eigenvalue weighted by atomic mass is 10.3. The summed E-state index contributed by atoms with van der Waals surface area (Å²) in [5.41, 5.74) is 2.01. The lowest BCUT2D eigenvalue weighted by Gasteiger charge is -1.97. The third-order valence-corrected chi connectivity index (χ3v) is 1.81. The van der Waals surface area contributed by atoms with Gasteiger partial charge in [0.1, 0.15) is 6.54 Å². The third-order valence-electron chi connectivity index (χ3n) is 1.81. The number of aliphatic imine (C=N–C) groups is 1. The Balaban J connectivity index is 2.43. The van der Waals surface area contributed by atoms with Crippen LogP contribution in [0.4, 0.5) is 0 Å². The monoisotopic (exact) mass is 163 g/mol. The highest BCUT2D eigenvalue weighted by atomic mass is 16.1. The Morgan fingerprint density at radius 1 is 1.58 bits per heavy atom. The minimum absolute atomic E-state index is 0.128. The number of nitrogens with zero attached hydrogens (tertiary/aromatic N) is 3. The second kappa shape index (κ2) is 2.55. The highest BCUT2D eigenvalue weighted by Crippen LogP contribution is 2.06. The summed E-state index contributed by atoms with van der Waals surface area (Å²) in [6.07, 6.45) is 2.34. The van der Waals surface area contributed by atoms with E-state index in [2.05, 4.69) is 10.1 Å². The van der Waals surface area contributed by atoms with Crippen LogP contribution >= 0.6 is 0 Å². The average molecular weight is 163 g/mol. The van der Waals surface area contributed by atoms with Crippen molar-refractivity contribution in [2.24, 2.45) is 4.99 Å². The van der Waals surface area contributed by atoms with Crippen LogP contribution < -0.4 is 0 Å². The number of hydrogen-bond donors (Lipinski definition) is 0. The normalized spacial score (nSPS) is 15.9. The van der Waals surface area contributed by atoms with Crippen molar-refractivity contribution < 1.29 is 4.79 Å². The second-order valence-corrected chi connectivity index (χ2v) is 2.84. The molecule has 12 heavy (non-hydrogen) atoms. The Morgan fingerprint density at radius 2 is 2.42 bits per heavy atom. The third kappa shape index (κ3) is 1.15. The van der Waals surface area contributed by atoms with Crippen LogP contribution in [0.25, 0.3) is 0 Å². The van der Waals surface area contributed by atoms with Crippen molar-refractivity contribution in [1.82, 2.24) is 9.78 Å². The zero-order chi connectivity index (χ0) is 8.55. The predicted octanol–water partition coefficient (Wildman–Crippen LogP) is 0.345. The van der Waals surface area contributed by atoms with Crippen LogP contribution in [0.2, 0.25) is 0 Å². The van der Waals surface area contributed by atoms with E-state index in [-0.39, 0.29) is 12.5 Å². The highest BCUT2D eigenvalue weighted by Gasteiger charge is 2.10. The lowest BCUT2D eigenvalue weighted by Crippen LogP contribution is -2.09. The first-order chi connectivity index (χ1) is 5.75. The molecule has 0 N–H and O–H groups in total. The fourth-order valence-electron chi connectivity index (χ4n) is 1.31. The molecular formula is C8H9N3O. The molecule has 0 saturated carbocycles. The van der Waals surface area contributed by atoms with E-state index in [1.54, 1.807) is 10.9 Å². The van der Waals surface area contributed by atoms with Crippen molar-refractivity contribution in [3.05, 3.63) is 17.5 Å². The summed E-state index contributed by atoms with van der Waals surface area (Å²) in [6.45, 7) is 2.20. The van der Waals surface area contributed by atoms with E-state index in [9.17, 15) is 4.79 Å².